The Morgan fingerprint density at radius 3 is 2.61 bits per heavy atom. The van der Waals surface area contributed by atoms with Crippen LogP contribution < -0.4 is 11.2 Å². The molecule has 0 fully saturated rings. The molecule has 7 nitrogen and oxygen atoms in total. The van der Waals surface area contributed by atoms with E-state index < -0.39 is 0 Å². The second kappa shape index (κ2) is 5.99. The molecule has 112 valence electrons. The largest absolute Gasteiger partial charge is 0.436 e. The van der Waals surface area contributed by atoms with Crippen LogP contribution in [-0.2, 0) is 0 Å². The van der Waals surface area contributed by atoms with Crippen molar-refractivity contribution in [1.82, 2.24) is 4.98 Å². The number of oxazole rings is 1. The molecule has 3 aromatic rings. The van der Waals surface area contributed by atoms with Crippen LogP contribution in [0.3, 0.4) is 0 Å². The van der Waals surface area contributed by atoms with E-state index in [1.54, 1.807) is 18.2 Å². The minimum absolute atomic E-state index is 0.173. The third-order valence-corrected chi connectivity index (χ3v) is 3.08. The summed E-state index contributed by atoms with van der Waals surface area (Å²) in [6.45, 7) is 0. The van der Waals surface area contributed by atoms with E-state index in [-0.39, 0.29) is 11.5 Å². The Labute approximate surface area is 131 Å². The fraction of sp³-hybridized carbons (Fsp3) is 0. The normalized spacial score (nSPS) is 11.2. The summed E-state index contributed by atoms with van der Waals surface area (Å²) < 4.78 is 5.69. The zero-order chi connectivity index (χ0) is 16.2. The molecule has 0 atom stereocenters. The molecular formula is C16H12N6O. The number of hydrazone groups is 1. The molecule has 1 heterocycles. The fourth-order valence-corrected chi connectivity index (χ4v) is 1.95. The highest BCUT2D eigenvalue weighted by Gasteiger charge is 2.07. The number of rotatable bonds is 4. The monoisotopic (exact) mass is 304 g/mol. The average molecular weight is 304 g/mol. The summed E-state index contributed by atoms with van der Waals surface area (Å²) >= 11 is 0. The fourth-order valence-electron chi connectivity index (χ4n) is 1.95. The van der Waals surface area contributed by atoms with Crippen molar-refractivity contribution in [3.63, 3.8) is 0 Å². The molecule has 0 unspecified atom stereocenters. The van der Waals surface area contributed by atoms with Gasteiger partial charge in [0.2, 0.25) is 11.6 Å². The Hall–Kier alpha value is -3.66. The van der Waals surface area contributed by atoms with Crippen LogP contribution in [0.25, 0.3) is 22.6 Å². The molecule has 0 spiro atoms. The second-order valence-corrected chi connectivity index (χ2v) is 4.66. The number of para-hydroxylation sites is 2. The van der Waals surface area contributed by atoms with Gasteiger partial charge in [0.15, 0.2) is 11.4 Å². The van der Waals surface area contributed by atoms with Gasteiger partial charge in [0.05, 0.1) is 5.69 Å². The summed E-state index contributed by atoms with van der Waals surface area (Å²) in [6, 6.07) is 16.5. The minimum atomic E-state index is -0.386. The van der Waals surface area contributed by atoms with Crippen molar-refractivity contribution in [2.45, 2.75) is 0 Å². The average Bonchev–Trinajstić information content (AvgIpc) is 2.99. The van der Waals surface area contributed by atoms with Crippen LogP contribution in [0.1, 0.15) is 0 Å². The zero-order valence-corrected chi connectivity index (χ0v) is 11.9. The summed E-state index contributed by atoms with van der Waals surface area (Å²) in [5.41, 5.74) is 10.7. The van der Waals surface area contributed by atoms with Gasteiger partial charge in [-0.05, 0) is 36.4 Å². The summed E-state index contributed by atoms with van der Waals surface area (Å²) in [5.74, 6) is 0.144. The molecule has 0 aliphatic carbocycles. The summed E-state index contributed by atoms with van der Waals surface area (Å²) in [4.78, 5) is 4.42. The number of fused-ring (bicyclic) bond motifs is 1. The smallest absolute Gasteiger partial charge is 0.227 e. The Balaban J connectivity index is 1.82. The number of benzene rings is 2. The molecule has 0 bridgehead atoms. The quantitative estimate of drug-likeness (QED) is 0.388. The van der Waals surface area contributed by atoms with Gasteiger partial charge in [0, 0.05) is 5.56 Å². The highest BCUT2D eigenvalue weighted by molar-refractivity contribution is 6.45. The van der Waals surface area contributed by atoms with E-state index in [0.717, 1.165) is 16.7 Å². The SMILES string of the molecule is N#C/C(=N\Nc1ccc(-c2nc3ccccc3o2)cc1)C(=N)N. The Kier molecular flexibility index (Phi) is 3.72. The lowest BCUT2D eigenvalue weighted by molar-refractivity contribution is 0.620. The number of hydrogen-bond donors (Lipinski definition) is 3. The number of aromatic nitrogens is 1. The van der Waals surface area contributed by atoms with Gasteiger partial charge in [0.25, 0.3) is 0 Å². The van der Waals surface area contributed by atoms with Crippen LogP contribution in [0.15, 0.2) is 58.0 Å². The summed E-state index contributed by atoms with van der Waals surface area (Å²) in [5, 5.41) is 19.7. The van der Waals surface area contributed by atoms with Crippen molar-refractivity contribution in [1.29, 1.82) is 10.7 Å². The Bertz CT molecular complexity index is 900. The molecule has 0 saturated carbocycles. The second-order valence-electron chi connectivity index (χ2n) is 4.66. The van der Waals surface area contributed by atoms with Gasteiger partial charge in [0.1, 0.15) is 11.6 Å². The van der Waals surface area contributed by atoms with Crippen molar-refractivity contribution in [3.05, 3.63) is 48.5 Å². The van der Waals surface area contributed by atoms with Gasteiger partial charge >= 0.3 is 0 Å². The molecule has 0 aliphatic heterocycles. The number of nitrogens with two attached hydrogens (primary N) is 1. The lowest BCUT2D eigenvalue weighted by Gasteiger charge is -2.02. The predicted octanol–water partition coefficient (Wildman–Crippen LogP) is 2.72. The van der Waals surface area contributed by atoms with E-state index in [0.29, 0.717) is 11.6 Å². The van der Waals surface area contributed by atoms with Crippen molar-refractivity contribution >= 4 is 28.3 Å². The van der Waals surface area contributed by atoms with Gasteiger partial charge in [-0.15, -0.1) is 0 Å². The molecule has 0 aliphatic rings. The van der Waals surface area contributed by atoms with Crippen LogP contribution in [0, 0.1) is 16.7 Å². The first kappa shape index (κ1) is 14.3. The lowest BCUT2D eigenvalue weighted by Crippen LogP contribution is -2.21. The third kappa shape index (κ3) is 3.01. The topological polar surface area (TPSA) is 124 Å². The van der Waals surface area contributed by atoms with E-state index >= 15 is 0 Å². The molecule has 1 aromatic heterocycles. The number of amidine groups is 1. The molecule has 3 rings (SSSR count). The van der Waals surface area contributed by atoms with Crippen molar-refractivity contribution in [2.75, 3.05) is 5.43 Å². The van der Waals surface area contributed by atoms with E-state index in [1.165, 1.54) is 0 Å². The van der Waals surface area contributed by atoms with Crippen LogP contribution in [0.4, 0.5) is 5.69 Å². The third-order valence-electron chi connectivity index (χ3n) is 3.08. The number of nitrogens with one attached hydrogen (secondary N) is 2. The highest BCUT2D eigenvalue weighted by Crippen LogP contribution is 2.25. The molecule has 23 heavy (non-hydrogen) atoms. The minimum Gasteiger partial charge on any atom is -0.436 e. The van der Waals surface area contributed by atoms with Crippen LogP contribution in [0.2, 0.25) is 0 Å². The van der Waals surface area contributed by atoms with E-state index in [4.69, 9.17) is 20.8 Å². The van der Waals surface area contributed by atoms with Crippen LogP contribution in [-0.4, -0.2) is 16.5 Å². The predicted molar refractivity (Wildman–Crippen MR) is 88.0 cm³/mol. The molecule has 0 saturated heterocycles. The van der Waals surface area contributed by atoms with E-state index in [2.05, 4.69) is 15.5 Å². The molecule has 0 radical (unpaired) electrons. The standard InChI is InChI=1S/C16H12N6O/c17-9-13(15(18)19)22-21-11-7-5-10(6-8-11)16-20-12-3-1-2-4-14(12)23-16/h1-8,21H,(H3,18,19)/b22-13+. The lowest BCUT2D eigenvalue weighted by atomic mass is 10.2. The number of hydrogen-bond acceptors (Lipinski definition) is 6. The maximum atomic E-state index is 8.77. The first-order valence-electron chi connectivity index (χ1n) is 6.71. The summed E-state index contributed by atoms with van der Waals surface area (Å²) in [7, 11) is 0. The molecule has 4 N–H and O–H groups in total. The molecule has 7 heteroatoms. The first-order valence-corrected chi connectivity index (χ1v) is 6.71. The van der Waals surface area contributed by atoms with Gasteiger partial charge in [-0.1, -0.05) is 12.1 Å². The van der Waals surface area contributed by atoms with Crippen molar-refractivity contribution in [2.24, 2.45) is 10.8 Å². The zero-order valence-electron chi connectivity index (χ0n) is 11.9. The highest BCUT2D eigenvalue weighted by atomic mass is 16.3. The Morgan fingerprint density at radius 1 is 1.22 bits per heavy atom. The van der Waals surface area contributed by atoms with Crippen LogP contribution in [0.5, 0.6) is 0 Å². The molecule has 2 aromatic carbocycles. The number of nitrogens with zero attached hydrogens (tertiary/aromatic N) is 3. The van der Waals surface area contributed by atoms with Gasteiger partial charge in [-0.25, -0.2) is 4.98 Å². The molecule has 0 amide bonds. The van der Waals surface area contributed by atoms with E-state index in [1.807, 2.05) is 36.4 Å². The van der Waals surface area contributed by atoms with Gasteiger partial charge in [-0.2, -0.15) is 10.4 Å². The molecular weight excluding hydrogens is 292 g/mol. The maximum absolute atomic E-state index is 8.77. The van der Waals surface area contributed by atoms with Crippen molar-refractivity contribution in [3.8, 4) is 17.5 Å². The van der Waals surface area contributed by atoms with Crippen LogP contribution >= 0.6 is 0 Å². The Morgan fingerprint density at radius 2 is 1.96 bits per heavy atom. The first-order chi connectivity index (χ1) is 11.2. The van der Waals surface area contributed by atoms with E-state index in [9.17, 15) is 0 Å². The summed E-state index contributed by atoms with van der Waals surface area (Å²) in [6.07, 6.45) is 0. The van der Waals surface area contributed by atoms with Gasteiger partial charge in [-0.3, -0.25) is 10.8 Å². The maximum Gasteiger partial charge on any atom is 0.227 e. The number of anilines is 1. The van der Waals surface area contributed by atoms with Crippen molar-refractivity contribution < 1.29 is 4.42 Å². The van der Waals surface area contributed by atoms with Gasteiger partial charge < -0.3 is 10.2 Å². The number of nitriles is 1.